The van der Waals surface area contributed by atoms with Crippen LogP contribution in [0.5, 0.6) is 0 Å². The molecule has 1 atom stereocenters. The van der Waals surface area contributed by atoms with E-state index in [0.29, 0.717) is 5.92 Å². The van der Waals surface area contributed by atoms with Crippen molar-refractivity contribution in [1.82, 2.24) is 20.0 Å². The normalized spacial score (nSPS) is 13.5. The van der Waals surface area contributed by atoms with Gasteiger partial charge in [0.2, 0.25) is 0 Å². The van der Waals surface area contributed by atoms with Crippen molar-refractivity contribution in [2.24, 2.45) is 5.92 Å². The fourth-order valence-electron chi connectivity index (χ4n) is 2.11. The van der Waals surface area contributed by atoms with Crippen LogP contribution >= 0.6 is 11.6 Å². The van der Waals surface area contributed by atoms with Gasteiger partial charge in [0.05, 0.1) is 29.5 Å². The van der Waals surface area contributed by atoms with E-state index in [1.54, 1.807) is 6.20 Å². The molecule has 0 spiro atoms. The minimum atomic E-state index is 0.277. The van der Waals surface area contributed by atoms with Crippen LogP contribution in [0.3, 0.4) is 0 Å². The lowest BCUT2D eigenvalue weighted by molar-refractivity contribution is 0.358. The van der Waals surface area contributed by atoms with Gasteiger partial charge in [-0.1, -0.05) is 25.4 Å². The number of nitrogens with one attached hydrogen (secondary N) is 1. The van der Waals surface area contributed by atoms with E-state index >= 15 is 0 Å². The van der Waals surface area contributed by atoms with Gasteiger partial charge in [-0.3, -0.25) is 4.68 Å². The van der Waals surface area contributed by atoms with Crippen LogP contribution in [0.1, 0.15) is 38.4 Å². The molecule has 0 aliphatic rings. The Morgan fingerprint density at radius 3 is 2.58 bits per heavy atom. The third kappa shape index (κ3) is 5.13. The Morgan fingerprint density at radius 2 is 2.05 bits per heavy atom. The molecular formula is C14H27ClN4. The van der Waals surface area contributed by atoms with Crippen molar-refractivity contribution in [3.63, 3.8) is 0 Å². The molecule has 0 radical (unpaired) electrons. The van der Waals surface area contributed by atoms with Gasteiger partial charge < -0.3 is 10.2 Å². The Bertz CT molecular complexity index is 374. The van der Waals surface area contributed by atoms with Gasteiger partial charge in [0.15, 0.2) is 0 Å². The highest BCUT2D eigenvalue weighted by Crippen LogP contribution is 2.27. The van der Waals surface area contributed by atoms with Crippen LogP contribution in [0.4, 0.5) is 0 Å². The summed E-state index contributed by atoms with van der Waals surface area (Å²) in [6.45, 7) is 6.33. The van der Waals surface area contributed by atoms with Gasteiger partial charge in [-0.25, -0.2) is 0 Å². The molecule has 5 heteroatoms. The fraction of sp³-hybridized carbons (Fsp3) is 0.786. The highest BCUT2D eigenvalue weighted by molar-refractivity contribution is 6.31. The first-order valence-electron chi connectivity index (χ1n) is 6.98. The average molecular weight is 287 g/mol. The van der Waals surface area contributed by atoms with Gasteiger partial charge in [0.25, 0.3) is 0 Å². The molecule has 1 N–H and O–H groups in total. The second kappa shape index (κ2) is 7.88. The molecule has 1 heterocycles. The Labute approximate surface area is 122 Å². The van der Waals surface area contributed by atoms with Crippen molar-refractivity contribution in [3.8, 4) is 0 Å². The van der Waals surface area contributed by atoms with E-state index in [1.807, 2.05) is 11.7 Å². The van der Waals surface area contributed by atoms with Crippen LogP contribution in [0, 0.1) is 5.92 Å². The van der Waals surface area contributed by atoms with Crippen molar-refractivity contribution in [2.45, 2.75) is 39.3 Å². The van der Waals surface area contributed by atoms with Crippen LogP contribution < -0.4 is 5.32 Å². The lowest BCUT2D eigenvalue weighted by Crippen LogP contribution is -2.25. The predicted molar refractivity (Wildman–Crippen MR) is 81.7 cm³/mol. The number of aromatic nitrogens is 2. The summed E-state index contributed by atoms with van der Waals surface area (Å²) in [6.07, 6.45) is 4.02. The van der Waals surface area contributed by atoms with Crippen LogP contribution in [-0.2, 0) is 6.54 Å². The lowest BCUT2D eigenvalue weighted by Gasteiger charge is -2.20. The van der Waals surface area contributed by atoms with Gasteiger partial charge in [-0.2, -0.15) is 5.10 Å². The highest BCUT2D eigenvalue weighted by Gasteiger charge is 2.19. The summed E-state index contributed by atoms with van der Waals surface area (Å²) >= 11 is 6.31. The second-order valence-electron chi connectivity index (χ2n) is 5.72. The lowest BCUT2D eigenvalue weighted by atomic mass is 10.0. The maximum absolute atomic E-state index is 6.31. The Balaban J connectivity index is 2.80. The third-order valence-electron chi connectivity index (χ3n) is 3.30. The monoisotopic (exact) mass is 286 g/mol. The van der Waals surface area contributed by atoms with Crippen molar-refractivity contribution >= 4 is 11.6 Å². The zero-order chi connectivity index (χ0) is 14.4. The van der Waals surface area contributed by atoms with E-state index in [0.717, 1.165) is 30.2 Å². The number of hydrogen-bond acceptors (Lipinski definition) is 3. The molecule has 19 heavy (non-hydrogen) atoms. The van der Waals surface area contributed by atoms with Crippen LogP contribution in [0.2, 0.25) is 5.02 Å². The first-order valence-corrected chi connectivity index (χ1v) is 7.36. The summed E-state index contributed by atoms with van der Waals surface area (Å²) in [6, 6.07) is 0.277. The standard InChI is InChI=1S/C14H27ClN4/c1-11(2)6-7-13(16-3)14-12(15)10-17-19(14)9-8-18(4)5/h10-11,13,16H,6-9H2,1-5H3. The minimum Gasteiger partial charge on any atom is -0.312 e. The molecule has 1 rings (SSSR count). The Kier molecular flexibility index (Phi) is 6.83. The molecule has 0 aromatic carbocycles. The quantitative estimate of drug-likeness (QED) is 0.798. The largest absolute Gasteiger partial charge is 0.312 e. The molecule has 0 fully saturated rings. The Hall–Kier alpha value is -0.580. The number of nitrogens with zero attached hydrogens (tertiary/aromatic N) is 3. The average Bonchev–Trinajstić information content (AvgIpc) is 2.69. The van der Waals surface area contributed by atoms with E-state index in [4.69, 9.17) is 11.6 Å². The van der Waals surface area contributed by atoms with Crippen LogP contribution in [-0.4, -0.2) is 42.4 Å². The van der Waals surface area contributed by atoms with Gasteiger partial charge in [0.1, 0.15) is 0 Å². The molecule has 1 aromatic heterocycles. The molecule has 0 bridgehead atoms. The zero-order valence-electron chi connectivity index (χ0n) is 12.8. The van der Waals surface area contributed by atoms with Crippen molar-refractivity contribution in [3.05, 3.63) is 16.9 Å². The maximum Gasteiger partial charge on any atom is 0.0834 e. The first-order chi connectivity index (χ1) is 8.95. The third-order valence-corrected chi connectivity index (χ3v) is 3.59. The van der Waals surface area contributed by atoms with E-state index in [9.17, 15) is 0 Å². The minimum absolute atomic E-state index is 0.277. The second-order valence-corrected chi connectivity index (χ2v) is 6.12. The number of likely N-dealkylation sites (N-methyl/N-ethyl adjacent to an activating group) is 1. The summed E-state index contributed by atoms with van der Waals surface area (Å²) in [5.41, 5.74) is 1.12. The molecule has 110 valence electrons. The van der Waals surface area contributed by atoms with E-state index in [1.165, 1.54) is 6.42 Å². The summed E-state index contributed by atoms with van der Waals surface area (Å²) in [7, 11) is 6.13. The molecule has 4 nitrogen and oxygen atoms in total. The molecule has 1 aromatic rings. The molecule has 0 aliphatic heterocycles. The topological polar surface area (TPSA) is 33.1 Å². The van der Waals surface area contributed by atoms with E-state index in [2.05, 4.69) is 43.3 Å². The van der Waals surface area contributed by atoms with Gasteiger partial charge in [0, 0.05) is 6.54 Å². The van der Waals surface area contributed by atoms with E-state index in [-0.39, 0.29) is 6.04 Å². The first kappa shape index (κ1) is 16.5. The Morgan fingerprint density at radius 1 is 1.37 bits per heavy atom. The zero-order valence-corrected chi connectivity index (χ0v) is 13.5. The molecule has 0 aliphatic carbocycles. The number of halogens is 1. The molecular weight excluding hydrogens is 260 g/mol. The molecule has 0 saturated carbocycles. The summed E-state index contributed by atoms with van der Waals surface area (Å²) in [4.78, 5) is 2.15. The van der Waals surface area contributed by atoms with Gasteiger partial charge in [-0.15, -0.1) is 0 Å². The van der Waals surface area contributed by atoms with Gasteiger partial charge >= 0.3 is 0 Å². The van der Waals surface area contributed by atoms with Crippen molar-refractivity contribution in [2.75, 3.05) is 27.7 Å². The van der Waals surface area contributed by atoms with Crippen LogP contribution in [0.25, 0.3) is 0 Å². The number of hydrogen-bond donors (Lipinski definition) is 1. The maximum atomic E-state index is 6.31. The summed E-state index contributed by atoms with van der Waals surface area (Å²) < 4.78 is 2.03. The number of rotatable bonds is 8. The highest BCUT2D eigenvalue weighted by atomic mass is 35.5. The predicted octanol–water partition coefficient (Wildman–Crippen LogP) is 2.79. The fourth-order valence-corrected chi connectivity index (χ4v) is 2.38. The molecule has 1 unspecified atom stereocenters. The van der Waals surface area contributed by atoms with Crippen molar-refractivity contribution < 1.29 is 0 Å². The molecule has 0 amide bonds. The molecule has 0 saturated heterocycles. The SMILES string of the molecule is CNC(CCC(C)C)c1c(Cl)cnn1CCN(C)C. The van der Waals surface area contributed by atoms with Gasteiger partial charge in [-0.05, 0) is 39.9 Å². The van der Waals surface area contributed by atoms with Crippen LogP contribution in [0.15, 0.2) is 6.20 Å². The summed E-state index contributed by atoms with van der Waals surface area (Å²) in [5, 5.41) is 8.54. The van der Waals surface area contributed by atoms with Crippen molar-refractivity contribution in [1.29, 1.82) is 0 Å². The van der Waals surface area contributed by atoms with E-state index < -0.39 is 0 Å². The summed E-state index contributed by atoms with van der Waals surface area (Å²) in [5.74, 6) is 0.702. The smallest absolute Gasteiger partial charge is 0.0834 e.